The number of aromatic nitrogens is 2. The van der Waals surface area contributed by atoms with Crippen LogP contribution in [-0.2, 0) is 12.8 Å². The van der Waals surface area contributed by atoms with Crippen LogP contribution in [0.1, 0.15) is 24.1 Å². The van der Waals surface area contributed by atoms with Crippen LogP contribution >= 0.6 is 15.9 Å². The van der Waals surface area contributed by atoms with E-state index in [0.29, 0.717) is 0 Å². The molecule has 0 aromatic carbocycles. The van der Waals surface area contributed by atoms with Crippen LogP contribution in [0.25, 0.3) is 0 Å². The van der Waals surface area contributed by atoms with Gasteiger partial charge < -0.3 is 9.80 Å². The summed E-state index contributed by atoms with van der Waals surface area (Å²) in [5.41, 5.74) is 2.70. The van der Waals surface area contributed by atoms with E-state index in [9.17, 15) is 0 Å². The molecule has 0 spiro atoms. The molecule has 0 N–H and O–H groups in total. The summed E-state index contributed by atoms with van der Waals surface area (Å²) in [5, 5.41) is 1.07. The van der Waals surface area contributed by atoms with E-state index in [4.69, 9.17) is 0 Å². The van der Waals surface area contributed by atoms with Crippen LogP contribution in [0, 0.1) is 0 Å². The van der Waals surface area contributed by atoms with Gasteiger partial charge in [0.2, 0.25) is 0 Å². The number of aryl methyl sites for hydroxylation is 1. The molecule has 2 aliphatic rings. The molecule has 1 saturated heterocycles. The van der Waals surface area contributed by atoms with Crippen LogP contribution in [0.15, 0.2) is 6.33 Å². The third-order valence-corrected chi connectivity index (χ3v) is 4.50. The molecule has 0 amide bonds. The van der Waals surface area contributed by atoms with Crippen molar-refractivity contribution in [3.05, 3.63) is 17.6 Å². The molecule has 3 rings (SSSR count). The average molecular weight is 325 g/mol. The van der Waals surface area contributed by atoms with Crippen LogP contribution < -0.4 is 4.90 Å². The van der Waals surface area contributed by atoms with Gasteiger partial charge in [-0.3, -0.25) is 0 Å². The van der Waals surface area contributed by atoms with Gasteiger partial charge in [-0.15, -0.1) is 0 Å². The molecule has 0 bridgehead atoms. The van der Waals surface area contributed by atoms with E-state index in [1.54, 1.807) is 6.33 Å². The Labute approximate surface area is 123 Å². The molecular formula is C14H21BrN4. The average Bonchev–Trinajstić information content (AvgIpc) is 2.79. The Morgan fingerprint density at radius 2 is 2.00 bits per heavy atom. The number of anilines is 1. The fourth-order valence-corrected chi connectivity index (χ4v) is 3.64. The van der Waals surface area contributed by atoms with Crippen molar-refractivity contribution in [2.75, 3.05) is 43.0 Å². The molecule has 0 radical (unpaired) electrons. The minimum Gasteiger partial charge on any atom is -0.355 e. The third kappa shape index (κ3) is 2.92. The Morgan fingerprint density at radius 1 is 1.05 bits per heavy atom. The number of fused-ring (bicyclic) bond motifs is 1. The van der Waals surface area contributed by atoms with Gasteiger partial charge in [-0.05, 0) is 32.2 Å². The summed E-state index contributed by atoms with van der Waals surface area (Å²) in [7, 11) is 0. The number of halogens is 1. The van der Waals surface area contributed by atoms with Crippen LogP contribution in [0.3, 0.4) is 0 Å². The lowest BCUT2D eigenvalue weighted by atomic mass is 10.2. The third-order valence-electron chi connectivity index (χ3n) is 4.14. The summed E-state index contributed by atoms with van der Waals surface area (Å²) in [6.45, 7) is 5.72. The maximum atomic E-state index is 4.57. The normalized spacial score (nSPS) is 20.4. The topological polar surface area (TPSA) is 32.3 Å². The summed E-state index contributed by atoms with van der Waals surface area (Å²) >= 11 is 3.54. The standard InChI is InChI=1S/C14H21BrN4/c15-5-8-18-6-2-7-19(10-9-18)14-12-3-1-4-13(12)16-11-17-14/h11H,1-10H2. The molecule has 1 aliphatic carbocycles. The summed E-state index contributed by atoms with van der Waals surface area (Å²) in [4.78, 5) is 14.0. The summed E-state index contributed by atoms with van der Waals surface area (Å²) in [6.07, 6.45) is 6.51. The monoisotopic (exact) mass is 324 g/mol. The van der Waals surface area contributed by atoms with Gasteiger partial charge in [-0.25, -0.2) is 9.97 Å². The Balaban J connectivity index is 1.74. The molecule has 1 aromatic rings. The minimum absolute atomic E-state index is 1.07. The van der Waals surface area contributed by atoms with Gasteiger partial charge in [-0.2, -0.15) is 0 Å². The molecule has 19 heavy (non-hydrogen) atoms. The first-order valence-corrected chi connectivity index (χ1v) is 8.36. The van der Waals surface area contributed by atoms with Gasteiger partial charge >= 0.3 is 0 Å². The first kappa shape index (κ1) is 13.3. The van der Waals surface area contributed by atoms with Crippen molar-refractivity contribution < 1.29 is 0 Å². The van der Waals surface area contributed by atoms with Gasteiger partial charge in [0.1, 0.15) is 12.1 Å². The highest BCUT2D eigenvalue weighted by molar-refractivity contribution is 9.09. The molecule has 2 heterocycles. The zero-order valence-electron chi connectivity index (χ0n) is 11.3. The Morgan fingerprint density at radius 3 is 2.89 bits per heavy atom. The SMILES string of the molecule is BrCCN1CCCN(c2ncnc3c2CCC3)CC1. The number of hydrogen-bond donors (Lipinski definition) is 0. The highest BCUT2D eigenvalue weighted by atomic mass is 79.9. The largest absolute Gasteiger partial charge is 0.355 e. The van der Waals surface area contributed by atoms with E-state index < -0.39 is 0 Å². The first-order valence-electron chi connectivity index (χ1n) is 7.24. The van der Waals surface area contributed by atoms with E-state index >= 15 is 0 Å². The second-order valence-electron chi connectivity index (χ2n) is 5.35. The molecule has 1 fully saturated rings. The van der Waals surface area contributed by atoms with Gasteiger partial charge in [0.15, 0.2) is 0 Å². The number of rotatable bonds is 3. The molecule has 1 aromatic heterocycles. The van der Waals surface area contributed by atoms with Crippen molar-refractivity contribution in [3.63, 3.8) is 0 Å². The second-order valence-corrected chi connectivity index (χ2v) is 6.14. The molecule has 4 nitrogen and oxygen atoms in total. The molecule has 0 saturated carbocycles. The van der Waals surface area contributed by atoms with Gasteiger partial charge in [0.25, 0.3) is 0 Å². The fraction of sp³-hybridized carbons (Fsp3) is 0.714. The van der Waals surface area contributed by atoms with E-state index in [2.05, 4.69) is 35.7 Å². The van der Waals surface area contributed by atoms with Crippen molar-refractivity contribution in [3.8, 4) is 0 Å². The van der Waals surface area contributed by atoms with Crippen molar-refractivity contribution in [1.82, 2.24) is 14.9 Å². The summed E-state index contributed by atoms with van der Waals surface area (Å²) in [6, 6.07) is 0. The highest BCUT2D eigenvalue weighted by Crippen LogP contribution is 2.28. The lowest BCUT2D eigenvalue weighted by molar-refractivity contribution is 0.313. The predicted molar refractivity (Wildman–Crippen MR) is 81.1 cm³/mol. The van der Waals surface area contributed by atoms with E-state index in [1.807, 2.05) is 0 Å². The summed E-state index contributed by atoms with van der Waals surface area (Å²) < 4.78 is 0. The maximum Gasteiger partial charge on any atom is 0.135 e. The lowest BCUT2D eigenvalue weighted by Crippen LogP contribution is -2.32. The quantitative estimate of drug-likeness (QED) is 0.795. The van der Waals surface area contributed by atoms with Crippen molar-refractivity contribution in [2.45, 2.75) is 25.7 Å². The van der Waals surface area contributed by atoms with E-state index in [-0.39, 0.29) is 0 Å². The number of alkyl halides is 1. The molecule has 0 unspecified atom stereocenters. The van der Waals surface area contributed by atoms with Crippen LogP contribution in [-0.4, -0.2) is 52.9 Å². The van der Waals surface area contributed by atoms with Gasteiger partial charge in [-0.1, -0.05) is 15.9 Å². The second kappa shape index (κ2) is 6.18. The lowest BCUT2D eigenvalue weighted by Gasteiger charge is -2.24. The Kier molecular flexibility index (Phi) is 4.33. The molecule has 5 heteroatoms. The Hall–Kier alpha value is -0.680. The van der Waals surface area contributed by atoms with Crippen LogP contribution in [0.2, 0.25) is 0 Å². The molecular weight excluding hydrogens is 304 g/mol. The zero-order valence-corrected chi connectivity index (χ0v) is 12.9. The number of nitrogens with zero attached hydrogens (tertiary/aromatic N) is 4. The number of hydrogen-bond acceptors (Lipinski definition) is 4. The fourth-order valence-electron chi connectivity index (χ4n) is 3.14. The highest BCUT2D eigenvalue weighted by Gasteiger charge is 2.22. The van der Waals surface area contributed by atoms with Crippen LogP contribution in [0.4, 0.5) is 5.82 Å². The van der Waals surface area contributed by atoms with E-state index in [1.165, 1.54) is 36.5 Å². The van der Waals surface area contributed by atoms with Crippen LogP contribution in [0.5, 0.6) is 0 Å². The van der Waals surface area contributed by atoms with Gasteiger partial charge in [0.05, 0.1) is 0 Å². The molecule has 1 aliphatic heterocycles. The van der Waals surface area contributed by atoms with Crippen molar-refractivity contribution in [2.24, 2.45) is 0 Å². The Bertz CT molecular complexity index is 437. The predicted octanol–water partition coefficient (Wildman–Crippen LogP) is 1.87. The smallest absolute Gasteiger partial charge is 0.135 e. The van der Waals surface area contributed by atoms with Crippen molar-refractivity contribution in [1.29, 1.82) is 0 Å². The zero-order chi connectivity index (χ0) is 13.1. The minimum atomic E-state index is 1.07. The molecule has 0 atom stereocenters. The van der Waals surface area contributed by atoms with Crippen molar-refractivity contribution >= 4 is 21.7 Å². The van der Waals surface area contributed by atoms with Gasteiger partial charge in [0, 0.05) is 42.8 Å². The molecule has 104 valence electrons. The first-order chi connectivity index (χ1) is 9.38. The maximum absolute atomic E-state index is 4.57. The van der Waals surface area contributed by atoms with E-state index in [0.717, 1.165) is 44.4 Å². The summed E-state index contributed by atoms with van der Waals surface area (Å²) in [5.74, 6) is 1.21.